The summed E-state index contributed by atoms with van der Waals surface area (Å²) in [6, 6.07) is 12.4. The molecule has 0 saturated carbocycles. The molecule has 3 atom stereocenters. The second-order valence-electron chi connectivity index (χ2n) is 8.89. The standard InChI is InChI=1S/C24H22ClN3O4/c25-14-8-9-15-19(12-14)32-21(29)16-13-28(23(31)27-10-4-1-5-11-27)24(20(15)16)17-6-2-3-7-18(17)26-22(24)30/h2-3,6-9,12,16,20H,1,4-5,10-11,13H2,(H,26,30). The lowest BCUT2D eigenvalue weighted by molar-refractivity contribution is -0.140. The molecule has 2 aromatic rings. The molecule has 2 aromatic carbocycles. The third kappa shape index (κ3) is 2.51. The molecule has 0 radical (unpaired) electrons. The van der Waals surface area contributed by atoms with E-state index in [1.54, 1.807) is 17.0 Å². The first-order valence-electron chi connectivity index (χ1n) is 11.0. The van der Waals surface area contributed by atoms with Gasteiger partial charge in [-0.1, -0.05) is 35.9 Å². The number of carbonyl (C=O) groups is 3. The molecule has 2 saturated heterocycles. The Hall–Kier alpha value is -3.06. The summed E-state index contributed by atoms with van der Waals surface area (Å²) in [7, 11) is 0. The summed E-state index contributed by atoms with van der Waals surface area (Å²) in [6.07, 6.45) is 2.96. The minimum atomic E-state index is -1.32. The van der Waals surface area contributed by atoms with Crippen LogP contribution in [0.1, 0.15) is 36.3 Å². The third-order valence-corrected chi connectivity index (χ3v) is 7.51. The maximum atomic E-state index is 13.8. The van der Waals surface area contributed by atoms with E-state index in [-0.39, 0.29) is 18.5 Å². The van der Waals surface area contributed by atoms with Gasteiger partial charge in [-0.3, -0.25) is 9.59 Å². The molecule has 0 aliphatic carbocycles. The van der Waals surface area contributed by atoms with Crippen LogP contribution >= 0.6 is 11.6 Å². The van der Waals surface area contributed by atoms with Crippen molar-refractivity contribution in [2.75, 3.05) is 25.0 Å². The van der Waals surface area contributed by atoms with Crippen molar-refractivity contribution < 1.29 is 19.1 Å². The molecule has 3 unspecified atom stereocenters. The number of esters is 1. The van der Waals surface area contributed by atoms with E-state index in [1.807, 2.05) is 35.2 Å². The molecular weight excluding hydrogens is 430 g/mol. The molecule has 7 nitrogen and oxygen atoms in total. The van der Waals surface area contributed by atoms with Gasteiger partial charge in [0.1, 0.15) is 5.75 Å². The first kappa shape index (κ1) is 19.6. The fourth-order valence-electron chi connectivity index (χ4n) is 5.92. The van der Waals surface area contributed by atoms with Crippen molar-refractivity contribution in [3.63, 3.8) is 0 Å². The molecule has 4 heterocycles. The zero-order valence-electron chi connectivity index (χ0n) is 17.3. The highest BCUT2D eigenvalue weighted by atomic mass is 35.5. The van der Waals surface area contributed by atoms with Gasteiger partial charge < -0.3 is 19.9 Å². The molecule has 2 fully saturated rings. The number of likely N-dealkylation sites (tertiary alicyclic amines) is 2. The number of hydrogen-bond acceptors (Lipinski definition) is 4. The van der Waals surface area contributed by atoms with Crippen LogP contribution in [-0.4, -0.2) is 47.3 Å². The highest BCUT2D eigenvalue weighted by Gasteiger charge is 2.68. The zero-order valence-corrected chi connectivity index (χ0v) is 18.1. The second-order valence-corrected chi connectivity index (χ2v) is 9.33. The van der Waals surface area contributed by atoms with Gasteiger partial charge in [0.05, 0.1) is 5.92 Å². The molecule has 4 aliphatic rings. The quantitative estimate of drug-likeness (QED) is 0.489. The summed E-state index contributed by atoms with van der Waals surface area (Å²) < 4.78 is 5.62. The predicted octanol–water partition coefficient (Wildman–Crippen LogP) is 3.73. The molecule has 3 amide bonds. The number of anilines is 1. The van der Waals surface area contributed by atoms with Crippen LogP contribution in [-0.2, 0) is 15.1 Å². The largest absolute Gasteiger partial charge is 0.426 e. The number of nitrogens with zero attached hydrogens (tertiary/aromatic N) is 2. The molecule has 6 rings (SSSR count). The first-order chi connectivity index (χ1) is 15.5. The molecule has 1 N–H and O–H groups in total. The maximum absolute atomic E-state index is 13.8. The molecular formula is C24H22ClN3O4. The van der Waals surface area contributed by atoms with Gasteiger partial charge in [0.25, 0.3) is 5.91 Å². The third-order valence-electron chi connectivity index (χ3n) is 7.27. The Morgan fingerprint density at radius 1 is 1.09 bits per heavy atom. The number of benzene rings is 2. The van der Waals surface area contributed by atoms with Crippen LogP contribution in [0.4, 0.5) is 10.5 Å². The topological polar surface area (TPSA) is 79.0 Å². The van der Waals surface area contributed by atoms with Crippen LogP contribution in [0, 0.1) is 5.92 Å². The predicted molar refractivity (Wildman–Crippen MR) is 118 cm³/mol. The van der Waals surface area contributed by atoms with Crippen molar-refractivity contribution in [1.29, 1.82) is 0 Å². The highest BCUT2D eigenvalue weighted by molar-refractivity contribution is 6.30. The maximum Gasteiger partial charge on any atom is 0.321 e. The van der Waals surface area contributed by atoms with Gasteiger partial charge in [-0.2, -0.15) is 0 Å². The summed E-state index contributed by atoms with van der Waals surface area (Å²) in [5.74, 6) is -1.57. The van der Waals surface area contributed by atoms with E-state index in [9.17, 15) is 14.4 Å². The van der Waals surface area contributed by atoms with Gasteiger partial charge in [-0.05, 0) is 37.5 Å². The van der Waals surface area contributed by atoms with Crippen LogP contribution in [0.25, 0.3) is 0 Å². The summed E-state index contributed by atoms with van der Waals surface area (Å²) >= 11 is 6.17. The van der Waals surface area contributed by atoms with Crippen molar-refractivity contribution in [2.24, 2.45) is 5.92 Å². The summed E-state index contributed by atoms with van der Waals surface area (Å²) in [4.78, 5) is 44.2. The van der Waals surface area contributed by atoms with Crippen LogP contribution in [0.2, 0.25) is 5.02 Å². The molecule has 1 spiro atoms. The van der Waals surface area contributed by atoms with Crippen molar-refractivity contribution in [3.05, 3.63) is 58.6 Å². The van der Waals surface area contributed by atoms with E-state index in [1.165, 1.54) is 0 Å². The first-order valence-corrected chi connectivity index (χ1v) is 11.4. The van der Waals surface area contributed by atoms with Crippen molar-refractivity contribution in [1.82, 2.24) is 9.80 Å². The summed E-state index contributed by atoms with van der Waals surface area (Å²) in [5.41, 5.74) is 0.792. The lowest BCUT2D eigenvalue weighted by Crippen LogP contribution is -2.56. The van der Waals surface area contributed by atoms with Crippen molar-refractivity contribution >= 4 is 35.2 Å². The lowest BCUT2D eigenvalue weighted by Gasteiger charge is -2.41. The van der Waals surface area contributed by atoms with Crippen LogP contribution in [0.3, 0.4) is 0 Å². The SMILES string of the molecule is O=C1Oc2cc(Cl)ccc2C2C1CN(C(=O)N1CCCCC1)C21C(=O)Nc2ccccc21. The number of urea groups is 1. The molecule has 4 aliphatic heterocycles. The minimum absolute atomic E-state index is 0.128. The van der Waals surface area contributed by atoms with Gasteiger partial charge in [0, 0.05) is 47.4 Å². The molecule has 0 bridgehead atoms. The fourth-order valence-corrected chi connectivity index (χ4v) is 6.08. The second kappa shape index (κ2) is 6.97. The number of nitrogens with one attached hydrogen (secondary N) is 1. The summed E-state index contributed by atoms with van der Waals surface area (Å²) in [5, 5.41) is 3.42. The smallest absolute Gasteiger partial charge is 0.321 e. The average Bonchev–Trinajstić information content (AvgIpc) is 3.31. The number of hydrogen-bond donors (Lipinski definition) is 1. The van der Waals surface area contributed by atoms with E-state index in [4.69, 9.17) is 16.3 Å². The number of halogens is 1. The monoisotopic (exact) mass is 451 g/mol. The van der Waals surface area contributed by atoms with Crippen LogP contribution < -0.4 is 10.1 Å². The van der Waals surface area contributed by atoms with E-state index in [0.29, 0.717) is 29.5 Å². The number of carbonyl (C=O) groups excluding carboxylic acids is 3. The number of rotatable bonds is 0. The molecule has 32 heavy (non-hydrogen) atoms. The Kier molecular flexibility index (Phi) is 4.27. The van der Waals surface area contributed by atoms with Gasteiger partial charge >= 0.3 is 12.0 Å². The van der Waals surface area contributed by atoms with E-state index in [0.717, 1.165) is 30.4 Å². The van der Waals surface area contributed by atoms with E-state index < -0.39 is 23.3 Å². The van der Waals surface area contributed by atoms with Crippen LogP contribution in [0.5, 0.6) is 5.75 Å². The van der Waals surface area contributed by atoms with Crippen molar-refractivity contribution in [2.45, 2.75) is 30.7 Å². The van der Waals surface area contributed by atoms with Gasteiger partial charge in [0.2, 0.25) is 0 Å². The normalized spacial score (nSPS) is 28.2. The van der Waals surface area contributed by atoms with Crippen LogP contribution in [0.15, 0.2) is 42.5 Å². The molecule has 0 aromatic heterocycles. The Morgan fingerprint density at radius 3 is 2.69 bits per heavy atom. The van der Waals surface area contributed by atoms with E-state index in [2.05, 4.69) is 5.32 Å². The average molecular weight is 452 g/mol. The van der Waals surface area contributed by atoms with Gasteiger partial charge in [-0.25, -0.2) is 4.79 Å². The Bertz CT molecular complexity index is 1160. The lowest BCUT2D eigenvalue weighted by atomic mass is 9.71. The Morgan fingerprint density at radius 2 is 1.88 bits per heavy atom. The van der Waals surface area contributed by atoms with Crippen molar-refractivity contribution in [3.8, 4) is 5.75 Å². The fraction of sp³-hybridized carbons (Fsp3) is 0.375. The zero-order chi connectivity index (χ0) is 22.0. The number of piperidine rings is 1. The van der Waals surface area contributed by atoms with E-state index >= 15 is 0 Å². The summed E-state index contributed by atoms with van der Waals surface area (Å²) in [6.45, 7) is 1.43. The number of para-hydroxylation sites is 1. The van der Waals surface area contributed by atoms with Gasteiger partial charge in [0.15, 0.2) is 5.54 Å². The molecule has 8 heteroatoms. The Labute approximate surface area is 190 Å². The number of amides is 3. The Balaban J connectivity index is 1.58. The minimum Gasteiger partial charge on any atom is -0.426 e. The highest BCUT2D eigenvalue weighted by Crippen LogP contribution is 2.60. The number of fused-ring (bicyclic) bond motifs is 6. The molecule has 164 valence electrons. The number of ether oxygens (including phenoxy) is 1. The van der Waals surface area contributed by atoms with Gasteiger partial charge in [-0.15, -0.1) is 0 Å².